The fourth-order valence-electron chi connectivity index (χ4n) is 2.51. The van der Waals surface area contributed by atoms with Gasteiger partial charge in [0.05, 0.1) is 5.75 Å². The molecule has 0 saturated carbocycles. The van der Waals surface area contributed by atoms with Gasteiger partial charge in [0.25, 0.3) is 0 Å². The molecule has 118 valence electrons. The third kappa shape index (κ3) is 5.05. The molecule has 1 saturated heterocycles. The van der Waals surface area contributed by atoms with Gasteiger partial charge < -0.3 is 14.6 Å². The molecular weight excluding hydrogens is 294 g/mol. The number of carbonyl (C=O) groups is 1. The molecule has 1 aliphatic heterocycles. The molecule has 2 rings (SSSR count). The van der Waals surface area contributed by atoms with E-state index in [2.05, 4.69) is 5.32 Å². The number of hydrogen-bond acceptors (Lipinski definition) is 4. The second-order valence-corrected chi connectivity index (χ2v) is 7.08. The summed E-state index contributed by atoms with van der Waals surface area (Å²) in [7, 11) is -3.48. The van der Waals surface area contributed by atoms with Crippen molar-refractivity contribution in [3.05, 3.63) is 23.7 Å². The van der Waals surface area contributed by atoms with Crippen LogP contribution in [0.15, 0.2) is 16.5 Å². The van der Waals surface area contributed by atoms with Crippen molar-refractivity contribution >= 4 is 16.1 Å². The van der Waals surface area contributed by atoms with Crippen molar-refractivity contribution in [2.45, 2.75) is 19.8 Å². The summed E-state index contributed by atoms with van der Waals surface area (Å²) in [6, 6.07) is 3.60. The topological polar surface area (TPSA) is 106 Å². The number of furan rings is 1. The van der Waals surface area contributed by atoms with Crippen molar-refractivity contribution in [3.8, 4) is 0 Å². The van der Waals surface area contributed by atoms with Crippen LogP contribution in [0.5, 0.6) is 0 Å². The van der Waals surface area contributed by atoms with Crippen LogP contribution in [0.25, 0.3) is 0 Å². The van der Waals surface area contributed by atoms with Gasteiger partial charge >= 0.3 is 6.03 Å². The van der Waals surface area contributed by atoms with Crippen molar-refractivity contribution < 1.29 is 17.6 Å². The first-order valence-electron chi connectivity index (χ1n) is 6.92. The molecule has 0 spiro atoms. The molecule has 0 bridgehead atoms. The van der Waals surface area contributed by atoms with Crippen molar-refractivity contribution in [2.24, 2.45) is 11.1 Å². The van der Waals surface area contributed by atoms with Crippen LogP contribution >= 0.6 is 0 Å². The maximum Gasteiger partial charge on any atom is 0.317 e. The zero-order chi connectivity index (χ0) is 15.5. The SMILES string of the molecule is Cc1ccc(CCNC(=O)N2CCC(CS(N)(=O)=O)C2)o1. The minimum absolute atomic E-state index is 0.0670. The van der Waals surface area contributed by atoms with E-state index in [1.54, 1.807) is 4.90 Å². The van der Waals surface area contributed by atoms with E-state index in [4.69, 9.17) is 9.56 Å². The van der Waals surface area contributed by atoms with Crippen LogP contribution in [0.3, 0.4) is 0 Å². The van der Waals surface area contributed by atoms with E-state index in [-0.39, 0.29) is 17.7 Å². The van der Waals surface area contributed by atoms with Gasteiger partial charge in [-0.05, 0) is 31.4 Å². The van der Waals surface area contributed by atoms with Crippen molar-refractivity contribution in [2.75, 3.05) is 25.4 Å². The lowest BCUT2D eigenvalue weighted by Gasteiger charge is -2.17. The van der Waals surface area contributed by atoms with Crippen LogP contribution in [0.4, 0.5) is 4.79 Å². The largest absolute Gasteiger partial charge is 0.466 e. The molecule has 1 aromatic rings. The number of nitrogens with one attached hydrogen (secondary N) is 1. The highest BCUT2D eigenvalue weighted by atomic mass is 32.2. The Bertz CT molecular complexity index is 596. The predicted molar refractivity (Wildman–Crippen MR) is 78.2 cm³/mol. The molecule has 1 unspecified atom stereocenters. The number of urea groups is 1. The summed E-state index contributed by atoms with van der Waals surface area (Å²) >= 11 is 0. The monoisotopic (exact) mass is 315 g/mol. The van der Waals surface area contributed by atoms with Crippen LogP contribution in [0.2, 0.25) is 0 Å². The Kier molecular flexibility index (Phi) is 4.89. The highest BCUT2D eigenvalue weighted by molar-refractivity contribution is 7.89. The summed E-state index contributed by atoms with van der Waals surface area (Å²) in [5.74, 6) is 1.55. The first-order chi connectivity index (χ1) is 9.83. The molecule has 1 aliphatic rings. The maximum absolute atomic E-state index is 12.0. The maximum atomic E-state index is 12.0. The van der Waals surface area contributed by atoms with Crippen molar-refractivity contribution in [3.63, 3.8) is 0 Å². The first-order valence-corrected chi connectivity index (χ1v) is 8.63. The van der Waals surface area contributed by atoms with Crippen LogP contribution < -0.4 is 10.5 Å². The molecule has 8 heteroatoms. The summed E-state index contributed by atoms with van der Waals surface area (Å²) in [4.78, 5) is 13.6. The summed E-state index contributed by atoms with van der Waals surface area (Å²) < 4.78 is 27.5. The molecule has 1 fully saturated rings. The standard InChI is InChI=1S/C13H21N3O4S/c1-10-2-3-12(20-10)4-6-15-13(17)16-7-5-11(8-16)9-21(14,18)19/h2-3,11H,4-9H2,1H3,(H,15,17)(H2,14,18,19). The minimum Gasteiger partial charge on any atom is -0.466 e. The van der Waals surface area contributed by atoms with E-state index < -0.39 is 10.0 Å². The Labute approximate surface area is 124 Å². The van der Waals surface area contributed by atoms with Gasteiger partial charge in [0, 0.05) is 26.1 Å². The quantitative estimate of drug-likeness (QED) is 0.823. The van der Waals surface area contributed by atoms with Crippen molar-refractivity contribution in [1.82, 2.24) is 10.2 Å². The summed E-state index contributed by atoms with van der Waals surface area (Å²) in [5, 5.41) is 7.84. The highest BCUT2D eigenvalue weighted by Gasteiger charge is 2.28. The fourth-order valence-corrected chi connectivity index (χ4v) is 3.43. The number of nitrogens with two attached hydrogens (primary N) is 1. The van der Waals surface area contributed by atoms with E-state index in [0.717, 1.165) is 11.5 Å². The number of nitrogens with zero attached hydrogens (tertiary/aromatic N) is 1. The molecule has 1 aromatic heterocycles. The fraction of sp³-hybridized carbons (Fsp3) is 0.615. The van der Waals surface area contributed by atoms with Crippen LogP contribution in [0.1, 0.15) is 17.9 Å². The van der Waals surface area contributed by atoms with Crippen LogP contribution in [0, 0.1) is 12.8 Å². The lowest BCUT2D eigenvalue weighted by atomic mass is 10.2. The van der Waals surface area contributed by atoms with Gasteiger partial charge in [0.15, 0.2) is 0 Å². The summed E-state index contributed by atoms with van der Waals surface area (Å²) in [6.07, 6.45) is 1.30. The Morgan fingerprint density at radius 2 is 2.29 bits per heavy atom. The number of sulfonamides is 1. The molecule has 0 aliphatic carbocycles. The summed E-state index contributed by atoms with van der Waals surface area (Å²) in [5.41, 5.74) is 0. The molecule has 2 heterocycles. The van der Waals surface area contributed by atoms with Gasteiger partial charge in [0.2, 0.25) is 10.0 Å². The van der Waals surface area contributed by atoms with Gasteiger partial charge in [-0.1, -0.05) is 0 Å². The number of amides is 2. The van der Waals surface area contributed by atoms with Gasteiger partial charge in [-0.15, -0.1) is 0 Å². The smallest absolute Gasteiger partial charge is 0.317 e. The van der Waals surface area contributed by atoms with Crippen LogP contribution in [-0.2, 0) is 16.4 Å². The lowest BCUT2D eigenvalue weighted by molar-refractivity contribution is 0.207. The number of aryl methyl sites for hydroxylation is 1. The van der Waals surface area contributed by atoms with E-state index in [1.165, 1.54) is 0 Å². The lowest BCUT2D eigenvalue weighted by Crippen LogP contribution is -2.39. The number of hydrogen-bond donors (Lipinski definition) is 2. The van der Waals surface area contributed by atoms with Gasteiger partial charge in [0.1, 0.15) is 11.5 Å². The Morgan fingerprint density at radius 1 is 1.52 bits per heavy atom. The zero-order valence-corrected chi connectivity index (χ0v) is 12.9. The van der Waals surface area contributed by atoms with Gasteiger partial charge in [-0.3, -0.25) is 0 Å². The third-order valence-corrected chi connectivity index (χ3v) is 4.42. The molecule has 21 heavy (non-hydrogen) atoms. The van der Waals surface area contributed by atoms with Crippen molar-refractivity contribution in [1.29, 1.82) is 0 Å². The van der Waals surface area contributed by atoms with Crippen LogP contribution in [-0.4, -0.2) is 44.7 Å². The number of carbonyl (C=O) groups excluding carboxylic acids is 1. The predicted octanol–water partition coefficient (Wildman–Crippen LogP) is 0.451. The van der Waals surface area contributed by atoms with E-state index in [0.29, 0.717) is 32.5 Å². The van der Waals surface area contributed by atoms with Gasteiger partial charge in [-0.2, -0.15) is 0 Å². The molecular formula is C13H21N3O4S. The molecule has 2 amide bonds. The second kappa shape index (κ2) is 6.48. The van der Waals surface area contributed by atoms with Gasteiger partial charge in [-0.25, -0.2) is 18.4 Å². The normalized spacial score (nSPS) is 19.0. The number of primary sulfonamides is 1. The first kappa shape index (κ1) is 15.8. The zero-order valence-electron chi connectivity index (χ0n) is 12.0. The average Bonchev–Trinajstić information content (AvgIpc) is 2.96. The minimum atomic E-state index is -3.48. The number of likely N-dealkylation sites (tertiary alicyclic amines) is 1. The Morgan fingerprint density at radius 3 is 2.90 bits per heavy atom. The molecule has 3 N–H and O–H groups in total. The second-order valence-electron chi connectivity index (χ2n) is 5.42. The molecule has 0 aromatic carbocycles. The Hall–Kier alpha value is -1.54. The van der Waals surface area contributed by atoms with E-state index >= 15 is 0 Å². The average molecular weight is 315 g/mol. The molecule has 0 radical (unpaired) electrons. The highest BCUT2D eigenvalue weighted by Crippen LogP contribution is 2.17. The van der Waals surface area contributed by atoms with E-state index in [9.17, 15) is 13.2 Å². The molecule has 7 nitrogen and oxygen atoms in total. The van der Waals surface area contributed by atoms with E-state index in [1.807, 2.05) is 19.1 Å². The Balaban J connectivity index is 1.72. The molecule has 1 atom stereocenters. The number of rotatable bonds is 5. The third-order valence-electron chi connectivity index (χ3n) is 3.48. The summed E-state index contributed by atoms with van der Waals surface area (Å²) in [6.45, 7) is 3.36.